The Balaban J connectivity index is 1.64. The van der Waals surface area contributed by atoms with E-state index in [0.717, 1.165) is 32.4 Å². The number of carbonyl (C=O) groups excluding carboxylic acids is 2. The molecule has 144 valence electrons. The first-order valence-electron chi connectivity index (χ1n) is 9.10. The number of nitrogens with zero attached hydrogens (tertiary/aromatic N) is 3. The van der Waals surface area contributed by atoms with Crippen molar-refractivity contribution in [3.63, 3.8) is 0 Å². The molecule has 1 aromatic carbocycles. The first-order valence-corrected chi connectivity index (χ1v) is 9.48. The number of anilines is 1. The maximum absolute atomic E-state index is 12.4. The van der Waals surface area contributed by atoms with Crippen LogP contribution in [0.3, 0.4) is 0 Å². The fourth-order valence-corrected chi connectivity index (χ4v) is 3.20. The van der Waals surface area contributed by atoms with Crippen molar-refractivity contribution in [3.05, 3.63) is 40.7 Å². The van der Waals surface area contributed by atoms with Crippen molar-refractivity contribution in [2.75, 3.05) is 25.0 Å². The molecule has 2 aromatic rings. The predicted molar refractivity (Wildman–Crippen MR) is 103 cm³/mol. The third kappa shape index (κ3) is 4.84. The second kappa shape index (κ2) is 8.96. The van der Waals surface area contributed by atoms with Crippen LogP contribution in [0.25, 0.3) is 0 Å². The lowest BCUT2D eigenvalue weighted by Gasteiger charge is -2.22. The molecule has 8 nitrogen and oxygen atoms in total. The molecule has 0 atom stereocenters. The highest BCUT2D eigenvalue weighted by Crippen LogP contribution is 2.22. The van der Waals surface area contributed by atoms with Crippen molar-refractivity contribution < 1.29 is 9.59 Å². The average Bonchev–Trinajstić information content (AvgIpc) is 3.17. The number of carbonyl (C=O) groups is 2. The summed E-state index contributed by atoms with van der Waals surface area (Å²) in [5.41, 5.74) is 1.11. The van der Waals surface area contributed by atoms with Crippen LogP contribution >= 0.6 is 11.6 Å². The molecule has 0 radical (unpaired) electrons. The summed E-state index contributed by atoms with van der Waals surface area (Å²) in [6.07, 6.45) is 4.43. The Kier molecular flexibility index (Phi) is 6.41. The van der Waals surface area contributed by atoms with E-state index in [4.69, 9.17) is 11.6 Å². The highest BCUT2D eigenvalue weighted by molar-refractivity contribution is 6.34. The average molecular weight is 391 g/mol. The molecule has 27 heavy (non-hydrogen) atoms. The van der Waals surface area contributed by atoms with E-state index in [-0.39, 0.29) is 28.6 Å². The minimum atomic E-state index is -0.366. The third-order valence-corrected chi connectivity index (χ3v) is 4.75. The lowest BCUT2D eigenvalue weighted by molar-refractivity contribution is 0.0953. The Bertz CT molecular complexity index is 816. The number of aromatic nitrogens is 3. The van der Waals surface area contributed by atoms with E-state index >= 15 is 0 Å². The minimum Gasteiger partial charge on any atom is -0.352 e. The van der Waals surface area contributed by atoms with Gasteiger partial charge in [0, 0.05) is 12.2 Å². The maximum atomic E-state index is 12.4. The molecule has 0 bridgehead atoms. The summed E-state index contributed by atoms with van der Waals surface area (Å²) >= 11 is 6.19. The molecule has 2 amide bonds. The Morgan fingerprint density at radius 3 is 2.78 bits per heavy atom. The summed E-state index contributed by atoms with van der Waals surface area (Å²) in [6.45, 7) is 4.42. The van der Waals surface area contributed by atoms with Gasteiger partial charge in [-0.1, -0.05) is 23.7 Å². The van der Waals surface area contributed by atoms with E-state index in [1.807, 2.05) is 6.92 Å². The zero-order valence-electron chi connectivity index (χ0n) is 15.2. The van der Waals surface area contributed by atoms with Crippen LogP contribution in [-0.2, 0) is 0 Å². The number of hydrogen-bond acceptors (Lipinski definition) is 5. The second-order valence-corrected chi connectivity index (χ2v) is 6.88. The van der Waals surface area contributed by atoms with Gasteiger partial charge in [0.15, 0.2) is 5.69 Å². The van der Waals surface area contributed by atoms with Gasteiger partial charge in [0.25, 0.3) is 11.8 Å². The Hall–Kier alpha value is -2.45. The molecule has 0 spiro atoms. The zero-order valence-corrected chi connectivity index (χ0v) is 15.9. The summed E-state index contributed by atoms with van der Waals surface area (Å²) in [7, 11) is 0. The van der Waals surface area contributed by atoms with Gasteiger partial charge in [-0.2, -0.15) is 0 Å². The van der Waals surface area contributed by atoms with Crippen molar-refractivity contribution in [1.29, 1.82) is 0 Å². The lowest BCUT2D eigenvalue weighted by Crippen LogP contribution is -2.29. The predicted octanol–water partition coefficient (Wildman–Crippen LogP) is 2.25. The van der Waals surface area contributed by atoms with Crippen LogP contribution in [0.1, 0.15) is 53.1 Å². The quantitative estimate of drug-likeness (QED) is 0.702. The fraction of sp³-hybridized carbons (Fsp3) is 0.444. The van der Waals surface area contributed by atoms with Crippen LogP contribution < -0.4 is 16.0 Å². The van der Waals surface area contributed by atoms with E-state index in [0.29, 0.717) is 17.8 Å². The summed E-state index contributed by atoms with van der Waals surface area (Å²) in [5.74, 6) is -0.598. The van der Waals surface area contributed by atoms with Gasteiger partial charge in [0.1, 0.15) is 0 Å². The molecule has 2 heterocycles. The Morgan fingerprint density at radius 2 is 2.07 bits per heavy atom. The number of hydrogen-bond donors (Lipinski definition) is 3. The molecule has 1 aliphatic heterocycles. The van der Waals surface area contributed by atoms with Crippen LogP contribution in [0.4, 0.5) is 5.69 Å². The third-order valence-electron chi connectivity index (χ3n) is 4.43. The molecular weight excluding hydrogens is 368 g/mol. The van der Waals surface area contributed by atoms with Gasteiger partial charge in [0.2, 0.25) is 0 Å². The summed E-state index contributed by atoms with van der Waals surface area (Å²) in [4.78, 5) is 24.4. The van der Waals surface area contributed by atoms with Gasteiger partial charge in [-0.25, -0.2) is 4.68 Å². The number of rotatable bonds is 6. The number of halogens is 1. The van der Waals surface area contributed by atoms with Gasteiger partial charge in [-0.15, -0.1) is 5.10 Å². The van der Waals surface area contributed by atoms with Crippen molar-refractivity contribution in [2.24, 2.45) is 0 Å². The first kappa shape index (κ1) is 19.3. The second-order valence-electron chi connectivity index (χ2n) is 6.47. The summed E-state index contributed by atoms with van der Waals surface area (Å²) in [5, 5.41) is 17.1. The highest BCUT2D eigenvalue weighted by atomic mass is 35.5. The zero-order chi connectivity index (χ0) is 19.2. The molecule has 0 unspecified atom stereocenters. The SMILES string of the molecule is CCCNC(=O)c1ccc(NC(=O)c2cn(C3CCNCC3)nn2)cc1Cl. The van der Waals surface area contributed by atoms with Crippen molar-refractivity contribution in [2.45, 2.75) is 32.2 Å². The van der Waals surface area contributed by atoms with E-state index in [9.17, 15) is 9.59 Å². The molecule has 3 rings (SSSR count). The highest BCUT2D eigenvalue weighted by Gasteiger charge is 2.19. The topological polar surface area (TPSA) is 101 Å². The van der Waals surface area contributed by atoms with E-state index < -0.39 is 0 Å². The van der Waals surface area contributed by atoms with Crippen LogP contribution in [0.5, 0.6) is 0 Å². The van der Waals surface area contributed by atoms with Crippen molar-refractivity contribution >= 4 is 29.1 Å². The fourth-order valence-electron chi connectivity index (χ4n) is 2.94. The van der Waals surface area contributed by atoms with Crippen LogP contribution in [0, 0.1) is 0 Å². The van der Waals surface area contributed by atoms with Gasteiger partial charge in [-0.05, 0) is 50.6 Å². The van der Waals surface area contributed by atoms with Crippen LogP contribution in [0.2, 0.25) is 5.02 Å². The van der Waals surface area contributed by atoms with E-state index in [1.165, 1.54) is 0 Å². The smallest absolute Gasteiger partial charge is 0.277 e. The van der Waals surface area contributed by atoms with Crippen molar-refractivity contribution in [3.8, 4) is 0 Å². The van der Waals surface area contributed by atoms with Gasteiger partial charge in [-0.3, -0.25) is 9.59 Å². The summed E-state index contributed by atoms with van der Waals surface area (Å²) < 4.78 is 1.75. The normalized spacial score (nSPS) is 14.7. The van der Waals surface area contributed by atoms with Crippen LogP contribution in [-0.4, -0.2) is 46.4 Å². The Morgan fingerprint density at radius 1 is 1.30 bits per heavy atom. The molecule has 0 saturated carbocycles. The molecule has 1 aliphatic rings. The van der Waals surface area contributed by atoms with Gasteiger partial charge < -0.3 is 16.0 Å². The molecular formula is C18H23ClN6O2. The maximum Gasteiger partial charge on any atom is 0.277 e. The number of piperidine rings is 1. The van der Waals surface area contributed by atoms with E-state index in [1.54, 1.807) is 29.1 Å². The molecule has 0 aliphatic carbocycles. The molecule has 3 N–H and O–H groups in total. The number of amides is 2. The Labute approximate surface area is 162 Å². The van der Waals surface area contributed by atoms with Crippen LogP contribution in [0.15, 0.2) is 24.4 Å². The number of benzene rings is 1. The minimum absolute atomic E-state index is 0.232. The number of nitrogens with one attached hydrogen (secondary N) is 3. The molecule has 1 fully saturated rings. The molecule has 9 heteroatoms. The van der Waals surface area contributed by atoms with E-state index in [2.05, 4.69) is 26.3 Å². The first-order chi connectivity index (χ1) is 13.1. The van der Waals surface area contributed by atoms with Gasteiger partial charge >= 0.3 is 0 Å². The van der Waals surface area contributed by atoms with Gasteiger partial charge in [0.05, 0.1) is 22.8 Å². The van der Waals surface area contributed by atoms with Crippen molar-refractivity contribution in [1.82, 2.24) is 25.6 Å². The summed E-state index contributed by atoms with van der Waals surface area (Å²) in [6, 6.07) is 5.05. The molecule has 1 aromatic heterocycles. The largest absolute Gasteiger partial charge is 0.352 e. The monoisotopic (exact) mass is 390 g/mol. The standard InChI is InChI=1S/C18H23ClN6O2/c1-2-7-21-17(26)14-4-3-12(10-15(14)19)22-18(27)16-11-25(24-23-16)13-5-8-20-9-6-13/h3-4,10-11,13,20H,2,5-9H2,1H3,(H,21,26)(H,22,27). The molecule has 1 saturated heterocycles. The lowest BCUT2D eigenvalue weighted by atomic mass is 10.1.